The molecular formula is C60H60N24O6. The number of piperidine rings is 3. The van der Waals surface area contributed by atoms with E-state index in [0.29, 0.717) is 73.9 Å². The summed E-state index contributed by atoms with van der Waals surface area (Å²) >= 11 is 0. The van der Waals surface area contributed by atoms with Crippen LogP contribution in [0.4, 0.5) is 52.0 Å². The third-order valence-corrected chi connectivity index (χ3v) is 15.4. The molecule has 12 aromatic rings. The molecule has 1 aromatic carbocycles. The lowest BCUT2D eigenvalue weighted by atomic mass is 10.1. The smallest absolute Gasteiger partial charge is 0.284 e. The predicted molar refractivity (Wildman–Crippen MR) is 332 cm³/mol. The lowest BCUT2D eigenvalue weighted by molar-refractivity contribution is 0.0966. The van der Waals surface area contributed by atoms with E-state index in [9.17, 15) is 14.4 Å². The van der Waals surface area contributed by atoms with Gasteiger partial charge in [0.1, 0.15) is 43.6 Å². The number of rotatable bonds is 15. The van der Waals surface area contributed by atoms with Crippen molar-refractivity contribution in [2.24, 2.45) is 17.2 Å². The van der Waals surface area contributed by atoms with Gasteiger partial charge >= 0.3 is 0 Å². The summed E-state index contributed by atoms with van der Waals surface area (Å²) < 4.78 is 20.5. The number of aromatic nitrogens is 15. The Morgan fingerprint density at radius 1 is 0.389 bits per heavy atom. The molecule has 0 saturated carbocycles. The number of nitrogens with two attached hydrogens (primary N) is 3. The third-order valence-electron chi connectivity index (χ3n) is 15.4. The number of nitrogens with zero attached hydrogens (tertiary/aromatic N) is 18. The number of fused-ring (bicyclic) bond motifs is 3. The normalized spacial score (nSPS) is 14.2. The van der Waals surface area contributed by atoms with E-state index in [2.05, 4.69) is 103 Å². The summed E-state index contributed by atoms with van der Waals surface area (Å²) in [6.45, 7) is 6.30. The quantitative estimate of drug-likeness (QED) is 0.0569. The predicted octanol–water partition coefficient (Wildman–Crippen LogP) is 7.84. The molecule has 15 rings (SSSR count). The molecule has 3 aliphatic heterocycles. The van der Waals surface area contributed by atoms with Gasteiger partial charge in [0, 0.05) is 67.3 Å². The number of furan rings is 3. The first kappa shape index (κ1) is 57.2. The molecule has 456 valence electrons. The van der Waals surface area contributed by atoms with Crippen molar-refractivity contribution in [1.82, 2.24) is 73.7 Å². The molecule has 14 heterocycles. The van der Waals surface area contributed by atoms with Crippen molar-refractivity contribution in [2.75, 3.05) is 69.9 Å². The second-order valence-corrected chi connectivity index (χ2v) is 21.4. The molecule has 3 amide bonds. The summed E-state index contributed by atoms with van der Waals surface area (Å²) in [4.78, 5) is 80.8. The van der Waals surface area contributed by atoms with Gasteiger partial charge in [-0.15, -0.1) is 0 Å². The van der Waals surface area contributed by atoms with Crippen LogP contribution in [0.1, 0.15) is 89.5 Å². The maximum absolute atomic E-state index is 11.3. The van der Waals surface area contributed by atoms with Crippen LogP contribution in [0.5, 0.6) is 0 Å². The van der Waals surface area contributed by atoms with Crippen LogP contribution in [-0.4, -0.2) is 131 Å². The third kappa shape index (κ3) is 12.4. The van der Waals surface area contributed by atoms with Gasteiger partial charge in [0.25, 0.3) is 17.7 Å². The highest BCUT2D eigenvalue weighted by molar-refractivity contribution is 5.93. The largest absolute Gasteiger partial charge is 0.458 e. The number of amides is 3. The lowest BCUT2D eigenvalue weighted by Crippen LogP contribution is -2.30. The average Bonchev–Trinajstić information content (AvgIpc) is 1.76. The van der Waals surface area contributed by atoms with Crippen LogP contribution in [0, 0.1) is 0 Å². The minimum Gasteiger partial charge on any atom is -0.458 e. The van der Waals surface area contributed by atoms with Crippen molar-refractivity contribution >= 4 is 86.6 Å². The van der Waals surface area contributed by atoms with E-state index in [1.54, 1.807) is 68.9 Å². The fourth-order valence-corrected chi connectivity index (χ4v) is 10.8. The molecule has 11 aromatic heterocycles. The van der Waals surface area contributed by atoms with Crippen LogP contribution < -0.4 is 47.9 Å². The second-order valence-electron chi connectivity index (χ2n) is 21.4. The van der Waals surface area contributed by atoms with Gasteiger partial charge in [-0.05, 0) is 112 Å². The standard InChI is InChI=1S/C21H21N7O2.C20H20N8O2.C19H19N9O2/c22-19(29)18-10-14(12-30-18)17-11-23-20(21-24-13-25-28(17)21)26-15-4-6-16(7-5-15)27-8-2-1-3-9-27;21-18(29)16-8-13(11-30-16)15-10-23-19(20-24-12-25-28(15)20)26-14-4-5-17(22-9-14)27-6-2-1-3-7-27;20-16(29)15-6-12(10-30-15)14-9-21-17(18-24-11-25-28(14)18)26-13-7-22-19(23-8-13)27-4-2-1-3-5-27/h4-7,10-13H,1-3,8-9H2,(H2,22,29)(H,23,26);4-5,8-12H,1-3,6-7H2,(H2,21,29)(H,23,26);6-11H,1-5H2,(H2,20,29)(H,21,26). The number of hydrogen-bond acceptors (Lipinski definition) is 24. The molecule has 90 heavy (non-hydrogen) atoms. The van der Waals surface area contributed by atoms with Gasteiger partial charge in [-0.3, -0.25) is 14.4 Å². The van der Waals surface area contributed by atoms with Gasteiger partial charge in [-0.2, -0.15) is 15.3 Å². The molecule has 0 bridgehead atoms. The number of hydrogen-bond donors (Lipinski definition) is 6. The minimum absolute atomic E-state index is 0.0615. The highest BCUT2D eigenvalue weighted by Crippen LogP contribution is 2.31. The summed E-state index contributed by atoms with van der Waals surface area (Å²) in [5.74, 6) is 1.66. The number of anilines is 9. The Morgan fingerprint density at radius 3 is 1.17 bits per heavy atom. The molecule has 30 nitrogen and oxygen atoms in total. The van der Waals surface area contributed by atoms with E-state index >= 15 is 0 Å². The van der Waals surface area contributed by atoms with Crippen LogP contribution in [0.25, 0.3) is 50.7 Å². The van der Waals surface area contributed by atoms with Crippen molar-refractivity contribution in [3.05, 3.63) is 147 Å². The molecule has 3 fully saturated rings. The molecule has 30 heteroatoms. The Balaban J connectivity index is 0.000000124. The van der Waals surface area contributed by atoms with Gasteiger partial charge in [-0.1, -0.05) is 0 Å². The van der Waals surface area contributed by atoms with Crippen molar-refractivity contribution in [3.8, 4) is 33.8 Å². The minimum atomic E-state index is -0.643. The van der Waals surface area contributed by atoms with E-state index in [4.69, 9.17) is 30.5 Å². The van der Waals surface area contributed by atoms with Gasteiger partial charge in [0.2, 0.25) is 5.95 Å². The molecular weight excluding hydrogens is 1150 g/mol. The van der Waals surface area contributed by atoms with Crippen molar-refractivity contribution in [2.45, 2.75) is 57.8 Å². The summed E-state index contributed by atoms with van der Waals surface area (Å²) in [7, 11) is 0. The Bertz CT molecular complexity index is 4020. The van der Waals surface area contributed by atoms with Crippen LogP contribution in [-0.2, 0) is 0 Å². The number of pyridine rings is 1. The number of carbonyl (C=O) groups excluding carboxylic acids is 3. The number of benzene rings is 1. The number of nitrogens with one attached hydrogen (secondary N) is 3. The molecule has 0 spiro atoms. The van der Waals surface area contributed by atoms with E-state index in [1.165, 1.54) is 101 Å². The van der Waals surface area contributed by atoms with Gasteiger partial charge < -0.3 is 61.1 Å². The summed E-state index contributed by atoms with van der Waals surface area (Å²) in [6, 6.07) is 17.0. The van der Waals surface area contributed by atoms with Crippen LogP contribution in [0.3, 0.4) is 0 Å². The van der Waals surface area contributed by atoms with Gasteiger partial charge in [0.05, 0.1) is 65.6 Å². The molecule has 0 unspecified atom stereocenters. The SMILES string of the molecule is NC(=O)c1cc(-c2cnc(Nc3ccc(N4CCCCC4)cc3)c3ncnn23)co1.NC(=O)c1cc(-c2cnc(Nc3ccc(N4CCCCC4)nc3)c3ncnn23)co1.NC(=O)c1cc(-c2cnc(Nc3cnc(N4CCCCC4)nc3)c3ncnn23)co1. The first-order valence-corrected chi connectivity index (χ1v) is 29.2. The first-order valence-electron chi connectivity index (χ1n) is 29.2. The maximum atomic E-state index is 11.3. The zero-order chi connectivity index (χ0) is 61.5. The van der Waals surface area contributed by atoms with Crippen molar-refractivity contribution in [3.63, 3.8) is 0 Å². The first-order chi connectivity index (χ1) is 44.1. The van der Waals surface area contributed by atoms with E-state index in [0.717, 1.165) is 62.4 Å². The number of primary amides is 3. The fourth-order valence-electron chi connectivity index (χ4n) is 10.8. The summed E-state index contributed by atoms with van der Waals surface area (Å²) in [5.41, 5.74) is 24.8. The molecule has 9 N–H and O–H groups in total. The summed E-state index contributed by atoms with van der Waals surface area (Å²) in [5, 5.41) is 22.6. The topological polar surface area (TPSA) is 382 Å². The van der Waals surface area contributed by atoms with Crippen molar-refractivity contribution < 1.29 is 27.6 Å². The van der Waals surface area contributed by atoms with E-state index < -0.39 is 17.7 Å². The Labute approximate surface area is 511 Å². The monoisotopic (exact) mass is 1210 g/mol. The number of carbonyl (C=O) groups is 3. The second kappa shape index (κ2) is 25.6. The maximum Gasteiger partial charge on any atom is 0.284 e. The van der Waals surface area contributed by atoms with E-state index in [-0.39, 0.29) is 17.3 Å². The van der Waals surface area contributed by atoms with Crippen molar-refractivity contribution in [1.29, 1.82) is 0 Å². The molecule has 3 aliphatic rings. The Kier molecular flexibility index (Phi) is 16.3. The Hall–Kier alpha value is -11.9. The zero-order valence-electron chi connectivity index (χ0n) is 48.5. The average molecular weight is 1210 g/mol. The Morgan fingerprint density at radius 2 is 0.767 bits per heavy atom. The summed E-state index contributed by atoms with van der Waals surface area (Å²) in [6.07, 6.45) is 29.9. The molecule has 0 atom stereocenters. The van der Waals surface area contributed by atoms with Crippen LogP contribution in [0.15, 0.2) is 143 Å². The van der Waals surface area contributed by atoms with Crippen LogP contribution in [0.2, 0.25) is 0 Å². The van der Waals surface area contributed by atoms with E-state index in [1.807, 2.05) is 24.3 Å². The molecule has 0 aliphatic carbocycles. The van der Waals surface area contributed by atoms with Gasteiger partial charge in [0.15, 0.2) is 51.7 Å². The lowest BCUT2D eigenvalue weighted by Gasteiger charge is -2.28. The van der Waals surface area contributed by atoms with Crippen LogP contribution >= 0.6 is 0 Å². The highest BCUT2D eigenvalue weighted by Gasteiger charge is 2.21. The zero-order valence-corrected chi connectivity index (χ0v) is 48.5. The fraction of sp³-hybridized carbons (Fsp3) is 0.250. The molecule has 0 radical (unpaired) electrons. The highest BCUT2D eigenvalue weighted by atomic mass is 16.3. The molecule has 3 saturated heterocycles. The van der Waals surface area contributed by atoms with Gasteiger partial charge in [-0.25, -0.2) is 58.4 Å².